The van der Waals surface area contributed by atoms with Crippen molar-refractivity contribution >= 4 is 5.95 Å². The molecule has 1 aromatic heterocycles. The minimum absolute atomic E-state index is 0.160. The van der Waals surface area contributed by atoms with Gasteiger partial charge in [0.05, 0.1) is 0 Å². The van der Waals surface area contributed by atoms with E-state index in [1.165, 1.54) is 51.0 Å². The number of H-pyrrole nitrogens is 1. The number of hydrogen-bond donors (Lipinski definition) is 2. The summed E-state index contributed by atoms with van der Waals surface area (Å²) in [5, 5.41) is 0. The van der Waals surface area contributed by atoms with E-state index in [2.05, 4.69) is 16.5 Å². The van der Waals surface area contributed by atoms with E-state index >= 15 is 0 Å². The fourth-order valence-corrected chi connectivity index (χ4v) is 2.31. The Kier molecular flexibility index (Phi) is 8.43. The number of nitrogen functional groups attached to an aromatic ring is 1. The Balaban J connectivity index is 1.99. The van der Waals surface area contributed by atoms with Gasteiger partial charge in [0.2, 0.25) is 5.95 Å². The predicted octanol–water partition coefficient (Wildman–Crippen LogP) is 3.59. The highest BCUT2D eigenvalue weighted by Crippen LogP contribution is 2.11. The second-order valence-corrected chi connectivity index (χ2v) is 5.28. The number of nitrogens with zero attached hydrogens (tertiary/aromatic N) is 1. The van der Waals surface area contributed by atoms with E-state index in [9.17, 15) is 4.79 Å². The van der Waals surface area contributed by atoms with Crippen molar-refractivity contribution < 1.29 is 0 Å². The lowest BCUT2D eigenvalue weighted by molar-refractivity contribution is 0.568. The molecule has 0 saturated carbocycles. The molecule has 0 aliphatic carbocycles. The van der Waals surface area contributed by atoms with Crippen LogP contribution in [0.15, 0.2) is 23.5 Å². The zero-order valence-electron chi connectivity index (χ0n) is 12.4. The van der Waals surface area contributed by atoms with Crippen LogP contribution in [-0.4, -0.2) is 9.97 Å². The maximum Gasteiger partial charge on any atom is 0.252 e. The molecule has 0 aliphatic rings. The molecule has 3 N–H and O–H groups in total. The Bertz CT molecular complexity index is 440. The van der Waals surface area contributed by atoms with Crippen LogP contribution < -0.4 is 11.3 Å². The summed E-state index contributed by atoms with van der Waals surface area (Å²) in [5.41, 5.74) is 6.15. The van der Waals surface area contributed by atoms with Crippen LogP contribution in [0, 0.1) is 0 Å². The van der Waals surface area contributed by atoms with E-state index in [1.54, 1.807) is 0 Å². The second-order valence-electron chi connectivity index (χ2n) is 5.28. The van der Waals surface area contributed by atoms with Crippen LogP contribution >= 0.6 is 0 Å². The highest BCUT2D eigenvalue weighted by molar-refractivity contribution is 5.17. The van der Waals surface area contributed by atoms with E-state index in [4.69, 9.17) is 5.73 Å². The third kappa shape index (κ3) is 7.77. The molecule has 0 fully saturated rings. The number of hydrogen-bond acceptors (Lipinski definition) is 3. The predicted molar refractivity (Wildman–Crippen MR) is 84.7 cm³/mol. The summed E-state index contributed by atoms with van der Waals surface area (Å²) < 4.78 is 0. The van der Waals surface area contributed by atoms with Gasteiger partial charge in [-0.05, 0) is 25.7 Å². The van der Waals surface area contributed by atoms with E-state index in [0.717, 1.165) is 25.0 Å². The summed E-state index contributed by atoms with van der Waals surface area (Å²) in [6, 6.07) is 1.54. The van der Waals surface area contributed by atoms with Gasteiger partial charge in [0, 0.05) is 11.8 Å². The van der Waals surface area contributed by atoms with E-state index in [1.807, 2.05) is 6.08 Å². The minimum atomic E-state index is -0.160. The van der Waals surface area contributed by atoms with Crippen LogP contribution in [0.1, 0.15) is 63.5 Å². The maximum atomic E-state index is 11.2. The summed E-state index contributed by atoms with van der Waals surface area (Å²) in [4.78, 5) is 17.8. The van der Waals surface area contributed by atoms with Crippen LogP contribution in [0.2, 0.25) is 0 Å². The van der Waals surface area contributed by atoms with Crippen molar-refractivity contribution in [1.82, 2.24) is 9.97 Å². The van der Waals surface area contributed by atoms with Gasteiger partial charge >= 0.3 is 0 Å². The van der Waals surface area contributed by atoms with Crippen LogP contribution in [0.3, 0.4) is 0 Å². The van der Waals surface area contributed by atoms with Gasteiger partial charge in [0.25, 0.3) is 5.56 Å². The molecule has 0 bridgehead atoms. The topological polar surface area (TPSA) is 71.8 Å². The van der Waals surface area contributed by atoms with Crippen molar-refractivity contribution in [2.75, 3.05) is 5.73 Å². The zero-order chi connectivity index (χ0) is 14.6. The van der Waals surface area contributed by atoms with Gasteiger partial charge < -0.3 is 5.73 Å². The molecule has 0 amide bonds. The van der Waals surface area contributed by atoms with Gasteiger partial charge in [-0.25, -0.2) is 4.98 Å². The molecular weight excluding hydrogens is 250 g/mol. The third-order valence-electron chi connectivity index (χ3n) is 3.40. The minimum Gasteiger partial charge on any atom is -0.369 e. The maximum absolute atomic E-state index is 11.2. The third-order valence-corrected chi connectivity index (χ3v) is 3.40. The van der Waals surface area contributed by atoms with Crippen LogP contribution in [0.4, 0.5) is 5.95 Å². The molecule has 1 rings (SSSR count). The van der Waals surface area contributed by atoms with E-state index in [-0.39, 0.29) is 11.5 Å². The van der Waals surface area contributed by atoms with Crippen molar-refractivity contribution in [2.45, 2.75) is 64.2 Å². The Labute approximate surface area is 121 Å². The number of rotatable bonds is 11. The average molecular weight is 277 g/mol. The number of nitrogens with two attached hydrogens (primary N) is 1. The zero-order valence-corrected chi connectivity index (χ0v) is 12.4. The highest BCUT2D eigenvalue weighted by atomic mass is 16.1. The summed E-state index contributed by atoms with van der Waals surface area (Å²) in [6.07, 6.45) is 14.1. The molecule has 0 unspecified atom stereocenters. The van der Waals surface area contributed by atoms with E-state index < -0.39 is 0 Å². The van der Waals surface area contributed by atoms with Gasteiger partial charge in [-0.15, -0.1) is 6.58 Å². The number of nitrogens with one attached hydrogen (secondary N) is 1. The number of aryl methyl sites for hydroxylation is 1. The summed E-state index contributed by atoms with van der Waals surface area (Å²) in [7, 11) is 0. The quantitative estimate of drug-likeness (QED) is 0.479. The average Bonchev–Trinajstić information content (AvgIpc) is 2.40. The molecule has 0 aromatic carbocycles. The fraction of sp³-hybridized carbons (Fsp3) is 0.625. The number of anilines is 1. The monoisotopic (exact) mass is 277 g/mol. The molecule has 112 valence electrons. The molecular formula is C16H27N3O. The molecule has 0 atom stereocenters. The van der Waals surface area contributed by atoms with Crippen LogP contribution in [-0.2, 0) is 6.42 Å². The Morgan fingerprint density at radius 1 is 1.10 bits per heavy atom. The molecule has 4 nitrogen and oxygen atoms in total. The van der Waals surface area contributed by atoms with Gasteiger partial charge in [-0.1, -0.05) is 44.6 Å². The summed E-state index contributed by atoms with van der Waals surface area (Å²) in [5.74, 6) is 0.215. The Morgan fingerprint density at radius 2 is 1.70 bits per heavy atom. The molecule has 0 aliphatic heterocycles. The first-order valence-electron chi connectivity index (χ1n) is 7.69. The first-order chi connectivity index (χ1) is 9.72. The summed E-state index contributed by atoms with van der Waals surface area (Å²) in [6.45, 7) is 3.73. The van der Waals surface area contributed by atoms with Gasteiger partial charge in [-0.2, -0.15) is 0 Å². The lowest BCUT2D eigenvalue weighted by atomic mass is 10.1. The molecule has 1 heterocycles. The molecule has 0 saturated heterocycles. The number of aromatic amines is 1. The standard InChI is InChI=1S/C16H27N3O/c1-2-3-4-5-6-7-8-9-10-11-12-14-13-15(20)19-16(17)18-14/h2,13H,1,3-12H2,(H3,17,18,19,20). The van der Waals surface area contributed by atoms with Crippen molar-refractivity contribution in [1.29, 1.82) is 0 Å². The first-order valence-corrected chi connectivity index (χ1v) is 7.69. The van der Waals surface area contributed by atoms with Crippen molar-refractivity contribution in [3.63, 3.8) is 0 Å². The largest absolute Gasteiger partial charge is 0.369 e. The lowest BCUT2D eigenvalue weighted by Crippen LogP contribution is -2.11. The molecule has 0 spiro atoms. The number of allylic oxidation sites excluding steroid dienone is 1. The molecule has 0 radical (unpaired) electrons. The lowest BCUT2D eigenvalue weighted by Gasteiger charge is -2.03. The number of aromatic nitrogens is 2. The van der Waals surface area contributed by atoms with Crippen molar-refractivity contribution in [3.05, 3.63) is 34.8 Å². The normalized spacial score (nSPS) is 10.6. The molecule has 4 heteroatoms. The van der Waals surface area contributed by atoms with Gasteiger partial charge in [-0.3, -0.25) is 9.78 Å². The second kappa shape index (κ2) is 10.2. The van der Waals surface area contributed by atoms with Gasteiger partial charge in [0.15, 0.2) is 0 Å². The Morgan fingerprint density at radius 3 is 2.30 bits per heavy atom. The first kappa shape index (κ1) is 16.5. The Hall–Kier alpha value is -1.58. The van der Waals surface area contributed by atoms with Crippen LogP contribution in [0.25, 0.3) is 0 Å². The van der Waals surface area contributed by atoms with Crippen molar-refractivity contribution in [2.24, 2.45) is 0 Å². The fourth-order valence-electron chi connectivity index (χ4n) is 2.31. The SMILES string of the molecule is C=CCCCCCCCCCCc1cc(=O)[nH]c(N)n1. The number of unbranched alkanes of at least 4 members (excludes halogenated alkanes) is 8. The van der Waals surface area contributed by atoms with Crippen LogP contribution in [0.5, 0.6) is 0 Å². The van der Waals surface area contributed by atoms with E-state index in [0.29, 0.717) is 0 Å². The highest BCUT2D eigenvalue weighted by Gasteiger charge is 1.99. The molecule has 1 aromatic rings. The smallest absolute Gasteiger partial charge is 0.252 e. The van der Waals surface area contributed by atoms with Gasteiger partial charge in [0.1, 0.15) is 0 Å². The molecule has 20 heavy (non-hydrogen) atoms. The summed E-state index contributed by atoms with van der Waals surface area (Å²) >= 11 is 0. The van der Waals surface area contributed by atoms with Crippen molar-refractivity contribution in [3.8, 4) is 0 Å².